The molecule has 0 spiro atoms. The van der Waals surface area contributed by atoms with Crippen LogP contribution in [-0.2, 0) is 16.6 Å². The van der Waals surface area contributed by atoms with Gasteiger partial charge in [-0.3, -0.25) is 0 Å². The summed E-state index contributed by atoms with van der Waals surface area (Å²) in [5, 5.41) is 0.843. The second-order valence-electron chi connectivity index (χ2n) is 4.62. The van der Waals surface area contributed by atoms with E-state index in [-0.39, 0.29) is 11.4 Å². The fourth-order valence-corrected chi connectivity index (χ4v) is 3.43. The molecule has 0 saturated heterocycles. The van der Waals surface area contributed by atoms with Gasteiger partial charge in [0.1, 0.15) is 0 Å². The number of fused-ring (bicyclic) bond motifs is 1. The Hall–Kier alpha value is -1.58. The molecular formula is C15H12IN3O2S. The van der Waals surface area contributed by atoms with Gasteiger partial charge in [0.25, 0.3) is 0 Å². The molecule has 0 fully saturated rings. The molecule has 112 valence electrons. The number of hydrogen-bond acceptors (Lipinski definition) is 4. The van der Waals surface area contributed by atoms with Gasteiger partial charge in [-0.25, -0.2) is 23.1 Å². The van der Waals surface area contributed by atoms with Crippen LogP contribution in [0.4, 0.5) is 0 Å². The molecular weight excluding hydrogens is 413 g/mol. The SMILES string of the molecule is O=S(=O)(NCc1ccnc2ncccc12)c1ccc(I)cc1. The van der Waals surface area contributed by atoms with Crippen molar-refractivity contribution in [3.8, 4) is 0 Å². The van der Waals surface area contributed by atoms with Gasteiger partial charge in [0.2, 0.25) is 10.0 Å². The number of nitrogens with one attached hydrogen (secondary N) is 1. The maximum atomic E-state index is 12.3. The predicted molar refractivity (Wildman–Crippen MR) is 92.7 cm³/mol. The highest BCUT2D eigenvalue weighted by molar-refractivity contribution is 14.1. The second-order valence-corrected chi connectivity index (χ2v) is 7.64. The number of rotatable bonds is 4. The number of sulfonamides is 1. The third-order valence-corrected chi connectivity index (χ3v) is 5.32. The van der Waals surface area contributed by atoms with Gasteiger partial charge in [0.15, 0.2) is 5.65 Å². The van der Waals surface area contributed by atoms with Crippen molar-refractivity contribution in [1.29, 1.82) is 0 Å². The van der Waals surface area contributed by atoms with E-state index in [1.165, 1.54) is 0 Å². The Kier molecular flexibility index (Phi) is 4.37. The molecule has 0 bridgehead atoms. The molecule has 0 unspecified atom stereocenters. The highest BCUT2D eigenvalue weighted by Crippen LogP contribution is 2.16. The van der Waals surface area contributed by atoms with Gasteiger partial charge in [-0.2, -0.15) is 0 Å². The first-order valence-corrected chi connectivity index (χ1v) is 9.06. The first kappa shape index (κ1) is 15.3. The number of benzene rings is 1. The van der Waals surface area contributed by atoms with Crippen molar-refractivity contribution in [1.82, 2.24) is 14.7 Å². The normalized spacial score (nSPS) is 11.7. The van der Waals surface area contributed by atoms with E-state index in [0.29, 0.717) is 5.65 Å². The molecule has 0 radical (unpaired) electrons. The fraction of sp³-hybridized carbons (Fsp3) is 0.0667. The lowest BCUT2D eigenvalue weighted by Gasteiger charge is -2.08. The lowest BCUT2D eigenvalue weighted by Crippen LogP contribution is -2.23. The third-order valence-electron chi connectivity index (χ3n) is 3.18. The van der Waals surface area contributed by atoms with Crippen LogP contribution in [-0.4, -0.2) is 18.4 Å². The van der Waals surface area contributed by atoms with E-state index in [4.69, 9.17) is 0 Å². The summed E-state index contributed by atoms with van der Waals surface area (Å²) in [6.45, 7) is 0.193. The van der Waals surface area contributed by atoms with Crippen molar-refractivity contribution in [2.24, 2.45) is 0 Å². The molecule has 1 aromatic carbocycles. The van der Waals surface area contributed by atoms with Crippen molar-refractivity contribution >= 4 is 43.6 Å². The first-order valence-electron chi connectivity index (χ1n) is 6.50. The van der Waals surface area contributed by atoms with Crippen LogP contribution < -0.4 is 4.72 Å². The number of nitrogens with zero attached hydrogens (tertiary/aromatic N) is 2. The van der Waals surface area contributed by atoms with Crippen LogP contribution in [0.3, 0.4) is 0 Å². The van der Waals surface area contributed by atoms with Gasteiger partial charge in [-0.05, 0) is 70.6 Å². The molecule has 5 nitrogen and oxygen atoms in total. The van der Waals surface area contributed by atoms with Crippen molar-refractivity contribution in [3.63, 3.8) is 0 Å². The van der Waals surface area contributed by atoms with Gasteiger partial charge in [-0.1, -0.05) is 0 Å². The molecule has 0 aliphatic heterocycles. The van der Waals surface area contributed by atoms with Crippen LogP contribution >= 0.6 is 22.6 Å². The summed E-state index contributed by atoms with van der Waals surface area (Å²) in [6.07, 6.45) is 3.29. The van der Waals surface area contributed by atoms with Crippen molar-refractivity contribution < 1.29 is 8.42 Å². The highest BCUT2D eigenvalue weighted by Gasteiger charge is 2.14. The average molecular weight is 425 g/mol. The molecule has 0 aliphatic rings. The minimum atomic E-state index is -3.54. The molecule has 0 aliphatic carbocycles. The van der Waals surface area contributed by atoms with Crippen LogP contribution in [0.5, 0.6) is 0 Å². The molecule has 3 aromatic rings. The molecule has 0 amide bonds. The average Bonchev–Trinajstić information content (AvgIpc) is 2.53. The second kappa shape index (κ2) is 6.27. The summed E-state index contributed by atoms with van der Waals surface area (Å²) in [4.78, 5) is 8.58. The number of hydrogen-bond donors (Lipinski definition) is 1. The highest BCUT2D eigenvalue weighted by atomic mass is 127. The van der Waals surface area contributed by atoms with Gasteiger partial charge in [0, 0.05) is 27.9 Å². The summed E-state index contributed by atoms with van der Waals surface area (Å²) in [6, 6.07) is 12.2. The minimum Gasteiger partial charge on any atom is -0.237 e. The summed E-state index contributed by atoms with van der Waals surface area (Å²) >= 11 is 2.14. The lowest BCUT2D eigenvalue weighted by atomic mass is 10.1. The van der Waals surface area contributed by atoms with Crippen molar-refractivity contribution in [2.45, 2.75) is 11.4 Å². The van der Waals surface area contributed by atoms with E-state index in [1.807, 2.05) is 6.07 Å². The summed E-state index contributed by atoms with van der Waals surface area (Å²) in [5.74, 6) is 0. The standard InChI is InChI=1S/C15H12IN3O2S/c16-12-3-5-13(6-4-12)22(20,21)19-10-11-7-9-18-15-14(11)2-1-8-17-15/h1-9,19H,10H2. The topological polar surface area (TPSA) is 72.0 Å². The Morgan fingerprint density at radius 1 is 1.00 bits per heavy atom. The third kappa shape index (κ3) is 3.26. The fourth-order valence-electron chi connectivity index (χ4n) is 2.06. The van der Waals surface area contributed by atoms with E-state index in [1.54, 1.807) is 48.8 Å². The molecule has 3 rings (SSSR count). The zero-order chi connectivity index (χ0) is 15.6. The number of aromatic nitrogens is 2. The van der Waals surface area contributed by atoms with Crippen LogP contribution in [0, 0.1) is 3.57 Å². The molecule has 22 heavy (non-hydrogen) atoms. The molecule has 7 heteroatoms. The maximum absolute atomic E-state index is 12.3. The maximum Gasteiger partial charge on any atom is 0.240 e. The van der Waals surface area contributed by atoms with E-state index in [0.717, 1.165) is 14.5 Å². The predicted octanol–water partition coefficient (Wildman–Crippen LogP) is 2.71. The van der Waals surface area contributed by atoms with Gasteiger partial charge >= 0.3 is 0 Å². The van der Waals surface area contributed by atoms with E-state index in [9.17, 15) is 8.42 Å². The van der Waals surface area contributed by atoms with Crippen LogP contribution in [0.15, 0.2) is 59.8 Å². The van der Waals surface area contributed by atoms with Gasteiger partial charge in [-0.15, -0.1) is 0 Å². The van der Waals surface area contributed by atoms with Crippen molar-refractivity contribution in [3.05, 3.63) is 64.0 Å². The smallest absolute Gasteiger partial charge is 0.237 e. The quantitative estimate of drug-likeness (QED) is 0.653. The lowest BCUT2D eigenvalue weighted by molar-refractivity contribution is 0.581. The Morgan fingerprint density at radius 2 is 1.73 bits per heavy atom. The molecule has 1 N–H and O–H groups in total. The monoisotopic (exact) mass is 425 g/mol. The van der Waals surface area contributed by atoms with E-state index >= 15 is 0 Å². The Labute approximate surface area is 142 Å². The van der Waals surface area contributed by atoms with Crippen LogP contribution in [0.25, 0.3) is 11.0 Å². The summed E-state index contributed by atoms with van der Waals surface area (Å²) in [7, 11) is -3.54. The molecule has 2 heterocycles. The van der Waals surface area contributed by atoms with E-state index in [2.05, 4.69) is 37.3 Å². The van der Waals surface area contributed by atoms with Crippen LogP contribution in [0.2, 0.25) is 0 Å². The van der Waals surface area contributed by atoms with Gasteiger partial charge in [0.05, 0.1) is 4.90 Å². The Balaban J connectivity index is 1.86. The molecule has 0 atom stereocenters. The zero-order valence-electron chi connectivity index (χ0n) is 11.4. The molecule has 0 saturated carbocycles. The Bertz CT molecular complexity index is 906. The largest absolute Gasteiger partial charge is 0.240 e. The molecule has 2 aromatic heterocycles. The summed E-state index contributed by atoms with van der Waals surface area (Å²) < 4.78 is 28.2. The first-order chi connectivity index (χ1) is 10.6. The van der Waals surface area contributed by atoms with E-state index < -0.39 is 10.0 Å². The zero-order valence-corrected chi connectivity index (χ0v) is 14.4. The van der Waals surface area contributed by atoms with Crippen molar-refractivity contribution in [2.75, 3.05) is 0 Å². The Morgan fingerprint density at radius 3 is 2.50 bits per heavy atom. The summed E-state index contributed by atoms with van der Waals surface area (Å²) in [5.41, 5.74) is 1.45. The number of halogens is 1. The number of pyridine rings is 2. The van der Waals surface area contributed by atoms with Crippen LogP contribution in [0.1, 0.15) is 5.56 Å². The van der Waals surface area contributed by atoms with Gasteiger partial charge < -0.3 is 0 Å². The minimum absolute atomic E-state index is 0.193.